The Kier molecular flexibility index (Phi) is 4.75. The maximum Gasteiger partial charge on any atom is 0.132 e. The van der Waals surface area contributed by atoms with E-state index < -0.39 is 5.60 Å². The maximum atomic E-state index is 10.2. The van der Waals surface area contributed by atoms with E-state index in [1.54, 1.807) is 6.33 Å². The van der Waals surface area contributed by atoms with Crippen LogP contribution in [0.4, 0.5) is 5.82 Å². The van der Waals surface area contributed by atoms with Crippen LogP contribution in [0.2, 0.25) is 0 Å². The largest absolute Gasteiger partial charge is 0.388 e. The topological polar surface area (TPSA) is 58.0 Å². The van der Waals surface area contributed by atoms with Gasteiger partial charge in [0.05, 0.1) is 5.60 Å². The molecule has 0 saturated heterocycles. The van der Waals surface area contributed by atoms with Crippen LogP contribution in [0.25, 0.3) is 0 Å². The Balaban J connectivity index is 2.08. The summed E-state index contributed by atoms with van der Waals surface area (Å²) in [5.74, 6) is 0.920. The van der Waals surface area contributed by atoms with Crippen LogP contribution in [0.15, 0.2) is 6.33 Å². The van der Waals surface area contributed by atoms with Gasteiger partial charge in [-0.2, -0.15) is 0 Å². The fourth-order valence-corrected chi connectivity index (χ4v) is 2.75. The number of rotatable bonds is 5. The predicted octanol–water partition coefficient (Wildman–Crippen LogP) is 2.71. The zero-order valence-corrected chi connectivity index (χ0v) is 12.1. The van der Waals surface area contributed by atoms with Crippen molar-refractivity contribution in [1.82, 2.24) is 9.97 Å². The number of nitrogens with one attached hydrogen (secondary N) is 1. The Morgan fingerprint density at radius 2 is 2.05 bits per heavy atom. The lowest BCUT2D eigenvalue weighted by Gasteiger charge is -2.24. The van der Waals surface area contributed by atoms with E-state index in [2.05, 4.69) is 22.2 Å². The number of aliphatic hydroxyl groups is 1. The molecule has 1 unspecified atom stereocenters. The highest BCUT2D eigenvalue weighted by atomic mass is 16.3. The van der Waals surface area contributed by atoms with Gasteiger partial charge in [0.1, 0.15) is 12.1 Å². The minimum atomic E-state index is -0.669. The summed E-state index contributed by atoms with van der Waals surface area (Å²) in [5, 5.41) is 13.6. The monoisotopic (exact) mass is 263 g/mol. The van der Waals surface area contributed by atoms with E-state index in [1.807, 2.05) is 6.92 Å². The molecular formula is C15H25N3O. The van der Waals surface area contributed by atoms with Gasteiger partial charge in [0, 0.05) is 17.8 Å². The third-order valence-electron chi connectivity index (χ3n) is 3.80. The van der Waals surface area contributed by atoms with Gasteiger partial charge >= 0.3 is 0 Å². The third-order valence-corrected chi connectivity index (χ3v) is 3.80. The minimum absolute atomic E-state index is 0.546. The standard InChI is InChI=1S/C15H25N3O/c1-3-9-15(2,19)10-16-14-12-7-5-4-6-8-13(12)17-11-18-14/h11,19H,3-10H2,1-2H3,(H,16,17,18). The lowest BCUT2D eigenvalue weighted by atomic mass is 10.0. The summed E-state index contributed by atoms with van der Waals surface area (Å²) in [6.07, 6.45) is 9.22. The first-order valence-electron chi connectivity index (χ1n) is 7.41. The molecule has 0 saturated carbocycles. The van der Waals surface area contributed by atoms with Gasteiger partial charge in [0.15, 0.2) is 0 Å². The van der Waals surface area contributed by atoms with E-state index in [9.17, 15) is 5.11 Å². The van der Waals surface area contributed by atoms with E-state index in [1.165, 1.54) is 30.5 Å². The molecule has 0 radical (unpaired) electrons. The van der Waals surface area contributed by atoms with Crippen LogP contribution < -0.4 is 5.32 Å². The van der Waals surface area contributed by atoms with Crippen LogP contribution in [0.1, 0.15) is 57.2 Å². The van der Waals surface area contributed by atoms with Crippen LogP contribution in [0.5, 0.6) is 0 Å². The molecule has 0 fully saturated rings. The van der Waals surface area contributed by atoms with E-state index in [4.69, 9.17) is 0 Å². The first-order chi connectivity index (χ1) is 9.12. The van der Waals surface area contributed by atoms with Crippen LogP contribution in [0.3, 0.4) is 0 Å². The molecule has 1 atom stereocenters. The number of hydrogen-bond donors (Lipinski definition) is 2. The molecule has 0 aromatic carbocycles. The van der Waals surface area contributed by atoms with Crippen molar-refractivity contribution in [3.05, 3.63) is 17.6 Å². The quantitative estimate of drug-likeness (QED) is 0.802. The van der Waals surface area contributed by atoms with Crippen molar-refractivity contribution in [2.24, 2.45) is 0 Å². The van der Waals surface area contributed by atoms with Crippen LogP contribution >= 0.6 is 0 Å². The van der Waals surface area contributed by atoms with Gasteiger partial charge in [-0.15, -0.1) is 0 Å². The molecule has 0 amide bonds. The van der Waals surface area contributed by atoms with Crippen molar-refractivity contribution in [3.63, 3.8) is 0 Å². The summed E-state index contributed by atoms with van der Waals surface area (Å²) < 4.78 is 0. The van der Waals surface area contributed by atoms with Crippen molar-refractivity contribution >= 4 is 5.82 Å². The van der Waals surface area contributed by atoms with E-state index in [0.29, 0.717) is 6.54 Å². The lowest BCUT2D eigenvalue weighted by molar-refractivity contribution is 0.0636. The summed E-state index contributed by atoms with van der Waals surface area (Å²) in [6.45, 7) is 4.51. The molecule has 106 valence electrons. The van der Waals surface area contributed by atoms with Crippen LogP contribution in [0, 0.1) is 0 Å². The average molecular weight is 263 g/mol. The van der Waals surface area contributed by atoms with Crippen molar-refractivity contribution in [2.75, 3.05) is 11.9 Å². The molecule has 1 aliphatic rings. The Morgan fingerprint density at radius 1 is 1.26 bits per heavy atom. The Hall–Kier alpha value is -1.16. The Morgan fingerprint density at radius 3 is 2.84 bits per heavy atom. The van der Waals surface area contributed by atoms with Gasteiger partial charge < -0.3 is 10.4 Å². The van der Waals surface area contributed by atoms with Gasteiger partial charge in [-0.05, 0) is 39.0 Å². The first kappa shape index (κ1) is 14.3. The second-order valence-corrected chi connectivity index (χ2v) is 5.81. The van der Waals surface area contributed by atoms with Gasteiger partial charge in [-0.25, -0.2) is 9.97 Å². The molecule has 1 aromatic rings. The third kappa shape index (κ3) is 3.90. The molecular weight excluding hydrogens is 238 g/mol. The number of fused-ring (bicyclic) bond motifs is 1. The van der Waals surface area contributed by atoms with Crippen molar-refractivity contribution < 1.29 is 5.11 Å². The molecule has 0 bridgehead atoms. The summed E-state index contributed by atoms with van der Waals surface area (Å²) in [7, 11) is 0. The fourth-order valence-electron chi connectivity index (χ4n) is 2.75. The summed E-state index contributed by atoms with van der Waals surface area (Å²) in [4.78, 5) is 8.77. The molecule has 1 aromatic heterocycles. The molecule has 0 spiro atoms. The zero-order valence-electron chi connectivity index (χ0n) is 12.1. The number of anilines is 1. The first-order valence-corrected chi connectivity index (χ1v) is 7.41. The minimum Gasteiger partial charge on any atom is -0.388 e. The average Bonchev–Trinajstić information content (AvgIpc) is 2.61. The van der Waals surface area contributed by atoms with Crippen molar-refractivity contribution in [3.8, 4) is 0 Å². The number of nitrogens with zero attached hydrogens (tertiary/aromatic N) is 2. The fraction of sp³-hybridized carbons (Fsp3) is 0.733. The van der Waals surface area contributed by atoms with E-state index in [-0.39, 0.29) is 0 Å². The highest BCUT2D eigenvalue weighted by molar-refractivity contribution is 5.46. The molecule has 2 N–H and O–H groups in total. The number of aryl methyl sites for hydroxylation is 1. The SMILES string of the molecule is CCCC(C)(O)CNc1ncnc2c1CCCCC2. The molecule has 4 nitrogen and oxygen atoms in total. The normalized spacial score (nSPS) is 18.3. The summed E-state index contributed by atoms with van der Waals surface area (Å²) in [6, 6.07) is 0. The molecule has 0 aliphatic heterocycles. The second kappa shape index (κ2) is 6.33. The maximum absolute atomic E-state index is 10.2. The van der Waals surface area contributed by atoms with Gasteiger partial charge in [-0.3, -0.25) is 0 Å². The molecule has 1 heterocycles. The van der Waals surface area contributed by atoms with Crippen LogP contribution in [-0.4, -0.2) is 27.2 Å². The highest BCUT2D eigenvalue weighted by Crippen LogP contribution is 2.24. The highest BCUT2D eigenvalue weighted by Gasteiger charge is 2.20. The van der Waals surface area contributed by atoms with Gasteiger partial charge in [0.2, 0.25) is 0 Å². The van der Waals surface area contributed by atoms with Gasteiger partial charge in [0.25, 0.3) is 0 Å². The molecule has 1 aliphatic carbocycles. The summed E-state index contributed by atoms with van der Waals surface area (Å²) >= 11 is 0. The predicted molar refractivity (Wildman–Crippen MR) is 77.3 cm³/mol. The molecule has 19 heavy (non-hydrogen) atoms. The van der Waals surface area contributed by atoms with Crippen molar-refractivity contribution in [1.29, 1.82) is 0 Å². The van der Waals surface area contributed by atoms with Gasteiger partial charge in [-0.1, -0.05) is 19.8 Å². The lowest BCUT2D eigenvalue weighted by Crippen LogP contribution is -2.33. The van der Waals surface area contributed by atoms with Crippen molar-refractivity contribution in [2.45, 2.75) is 64.4 Å². The summed E-state index contributed by atoms with van der Waals surface area (Å²) in [5.41, 5.74) is 1.77. The van der Waals surface area contributed by atoms with E-state index in [0.717, 1.165) is 31.5 Å². The smallest absolute Gasteiger partial charge is 0.132 e. The molecule has 2 rings (SSSR count). The van der Waals surface area contributed by atoms with Crippen LogP contribution in [-0.2, 0) is 12.8 Å². The number of aromatic nitrogens is 2. The zero-order chi connectivity index (χ0) is 13.7. The Bertz CT molecular complexity index is 418. The molecule has 4 heteroatoms. The Labute approximate surface area is 115 Å². The second-order valence-electron chi connectivity index (χ2n) is 5.81. The number of hydrogen-bond acceptors (Lipinski definition) is 4. The van der Waals surface area contributed by atoms with E-state index >= 15 is 0 Å².